The molecule has 21 heavy (non-hydrogen) atoms. The van der Waals surface area contributed by atoms with E-state index in [9.17, 15) is 4.79 Å². The maximum absolute atomic E-state index is 11.7. The molecule has 0 saturated carbocycles. The van der Waals surface area contributed by atoms with Gasteiger partial charge in [0, 0.05) is 26.3 Å². The first-order chi connectivity index (χ1) is 10.2. The quantitative estimate of drug-likeness (QED) is 0.610. The molecular formula is C16H26N2O3. The summed E-state index contributed by atoms with van der Waals surface area (Å²) in [7, 11) is 0. The Morgan fingerprint density at radius 1 is 1.29 bits per heavy atom. The fourth-order valence-electron chi connectivity index (χ4n) is 1.77. The van der Waals surface area contributed by atoms with Crippen LogP contribution in [0.1, 0.15) is 31.4 Å². The van der Waals surface area contributed by atoms with Crippen LogP contribution in [0.4, 0.5) is 4.79 Å². The molecule has 1 aromatic rings. The first-order valence-electron chi connectivity index (χ1n) is 7.44. The maximum Gasteiger partial charge on any atom is 0.315 e. The van der Waals surface area contributed by atoms with Gasteiger partial charge in [-0.1, -0.05) is 38.1 Å². The standard InChI is InChI=1S/C16H26N2O3/c1-3-8-21-12-15-7-5-4-6-14(15)10-18-16(20)17-9-13(2)11-19/h4-7,13,19H,3,8-12H2,1-2H3,(H2,17,18,20). The highest BCUT2D eigenvalue weighted by Gasteiger charge is 2.06. The third-order valence-electron chi connectivity index (χ3n) is 3.09. The number of carbonyl (C=O) groups excluding carboxylic acids is 1. The van der Waals surface area contributed by atoms with Crippen LogP contribution in [0.2, 0.25) is 0 Å². The smallest absolute Gasteiger partial charge is 0.315 e. The van der Waals surface area contributed by atoms with Gasteiger partial charge in [0.15, 0.2) is 0 Å². The van der Waals surface area contributed by atoms with Gasteiger partial charge in [-0.25, -0.2) is 4.79 Å². The Morgan fingerprint density at radius 3 is 2.67 bits per heavy atom. The molecule has 1 aromatic carbocycles. The van der Waals surface area contributed by atoms with E-state index in [1.54, 1.807) is 0 Å². The highest BCUT2D eigenvalue weighted by Crippen LogP contribution is 2.10. The predicted molar refractivity (Wildman–Crippen MR) is 82.9 cm³/mol. The molecule has 1 atom stereocenters. The number of nitrogens with one attached hydrogen (secondary N) is 2. The number of hydrogen-bond acceptors (Lipinski definition) is 3. The molecule has 3 N–H and O–H groups in total. The van der Waals surface area contributed by atoms with E-state index in [1.807, 2.05) is 31.2 Å². The number of aliphatic hydroxyl groups is 1. The van der Waals surface area contributed by atoms with Crippen LogP contribution < -0.4 is 10.6 Å². The van der Waals surface area contributed by atoms with E-state index in [0.717, 1.165) is 24.2 Å². The van der Waals surface area contributed by atoms with Crippen LogP contribution >= 0.6 is 0 Å². The molecule has 0 bridgehead atoms. The number of benzene rings is 1. The first-order valence-corrected chi connectivity index (χ1v) is 7.44. The molecule has 0 saturated heterocycles. The molecule has 118 valence electrons. The highest BCUT2D eigenvalue weighted by molar-refractivity contribution is 5.73. The average molecular weight is 294 g/mol. The van der Waals surface area contributed by atoms with Crippen molar-refractivity contribution in [1.29, 1.82) is 0 Å². The molecule has 1 rings (SSSR count). The van der Waals surface area contributed by atoms with Crippen LogP contribution in [0.15, 0.2) is 24.3 Å². The molecule has 1 unspecified atom stereocenters. The summed E-state index contributed by atoms with van der Waals surface area (Å²) in [6.45, 7) is 6.24. The minimum atomic E-state index is -0.223. The summed E-state index contributed by atoms with van der Waals surface area (Å²) in [6, 6.07) is 7.70. The summed E-state index contributed by atoms with van der Waals surface area (Å²) < 4.78 is 5.55. The van der Waals surface area contributed by atoms with Crippen molar-refractivity contribution in [2.24, 2.45) is 5.92 Å². The van der Waals surface area contributed by atoms with Gasteiger partial charge in [0.1, 0.15) is 0 Å². The third-order valence-corrected chi connectivity index (χ3v) is 3.09. The monoisotopic (exact) mass is 294 g/mol. The number of hydrogen-bond donors (Lipinski definition) is 3. The summed E-state index contributed by atoms with van der Waals surface area (Å²) in [5, 5.41) is 14.5. The highest BCUT2D eigenvalue weighted by atomic mass is 16.5. The maximum atomic E-state index is 11.7. The number of urea groups is 1. The second-order valence-corrected chi connectivity index (χ2v) is 5.17. The van der Waals surface area contributed by atoms with Gasteiger partial charge in [0.05, 0.1) is 6.61 Å². The fraction of sp³-hybridized carbons (Fsp3) is 0.562. The van der Waals surface area contributed by atoms with Gasteiger partial charge in [-0.3, -0.25) is 0 Å². The lowest BCUT2D eigenvalue weighted by atomic mass is 10.1. The van der Waals surface area contributed by atoms with E-state index in [-0.39, 0.29) is 18.6 Å². The first kappa shape index (κ1) is 17.5. The van der Waals surface area contributed by atoms with Gasteiger partial charge in [0.25, 0.3) is 0 Å². The summed E-state index contributed by atoms with van der Waals surface area (Å²) in [5.74, 6) is 0.0606. The second-order valence-electron chi connectivity index (χ2n) is 5.17. The Kier molecular flexibility index (Phi) is 8.47. The average Bonchev–Trinajstić information content (AvgIpc) is 2.51. The fourth-order valence-corrected chi connectivity index (χ4v) is 1.77. The lowest BCUT2D eigenvalue weighted by molar-refractivity contribution is 0.121. The van der Waals surface area contributed by atoms with Crippen molar-refractivity contribution in [3.8, 4) is 0 Å². The number of rotatable bonds is 9. The lowest BCUT2D eigenvalue weighted by Crippen LogP contribution is -2.38. The Balaban J connectivity index is 2.41. The molecule has 0 aliphatic rings. The molecule has 0 aromatic heterocycles. The summed E-state index contributed by atoms with van der Waals surface area (Å²) >= 11 is 0. The number of aliphatic hydroxyl groups excluding tert-OH is 1. The van der Waals surface area contributed by atoms with Gasteiger partial charge in [-0.15, -0.1) is 0 Å². The number of ether oxygens (including phenoxy) is 1. The van der Waals surface area contributed by atoms with Crippen LogP contribution in [-0.2, 0) is 17.9 Å². The van der Waals surface area contributed by atoms with Crippen molar-refractivity contribution in [3.05, 3.63) is 35.4 Å². The molecule has 0 spiro atoms. The molecular weight excluding hydrogens is 268 g/mol. The van der Waals surface area contributed by atoms with E-state index in [0.29, 0.717) is 19.7 Å². The van der Waals surface area contributed by atoms with Gasteiger partial charge in [-0.2, -0.15) is 0 Å². The van der Waals surface area contributed by atoms with E-state index in [4.69, 9.17) is 9.84 Å². The van der Waals surface area contributed by atoms with Crippen LogP contribution in [0, 0.1) is 5.92 Å². The van der Waals surface area contributed by atoms with Crippen LogP contribution in [-0.4, -0.2) is 30.9 Å². The molecule has 0 heterocycles. The molecule has 0 aliphatic carbocycles. The van der Waals surface area contributed by atoms with Gasteiger partial charge < -0.3 is 20.5 Å². The summed E-state index contributed by atoms with van der Waals surface area (Å²) in [6.07, 6.45) is 0.992. The Bertz CT molecular complexity index is 424. The van der Waals surface area contributed by atoms with Crippen molar-refractivity contribution < 1.29 is 14.6 Å². The summed E-state index contributed by atoms with van der Waals surface area (Å²) in [4.78, 5) is 11.7. The molecule has 5 nitrogen and oxygen atoms in total. The lowest BCUT2D eigenvalue weighted by Gasteiger charge is -2.13. The largest absolute Gasteiger partial charge is 0.396 e. The van der Waals surface area contributed by atoms with E-state index in [2.05, 4.69) is 17.6 Å². The minimum absolute atomic E-state index is 0.0606. The predicted octanol–water partition coefficient (Wildman–Crippen LogP) is 2.04. The van der Waals surface area contributed by atoms with Gasteiger partial charge in [0.2, 0.25) is 0 Å². The minimum Gasteiger partial charge on any atom is -0.396 e. The molecule has 5 heteroatoms. The molecule has 0 fully saturated rings. The molecule has 2 amide bonds. The molecule has 0 aliphatic heterocycles. The van der Waals surface area contributed by atoms with Crippen molar-refractivity contribution in [2.45, 2.75) is 33.4 Å². The van der Waals surface area contributed by atoms with Crippen molar-refractivity contribution >= 4 is 6.03 Å². The van der Waals surface area contributed by atoms with Crippen molar-refractivity contribution in [3.63, 3.8) is 0 Å². The van der Waals surface area contributed by atoms with Crippen molar-refractivity contribution in [1.82, 2.24) is 10.6 Å². The van der Waals surface area contributed by atoms with Gasteiger partial charge >= 0.3 is 6.03 Å². The van der Waals surface area contributed by atoms with E-state index in [1.165, 1.54) is 0 Å². The zero-order chi connectivity index (χ0) is 15.5. The number of carbonyl (C=O) groups is 1. The van der Waals surface area contributed by atoms with Crippen LogP contribution in [0.3, 0.4) is 0 Å². The normalized spacial score (nSPS) is 12.0. The Labute approximate surface area is 126 Å². The van der Waals surface area contributed by atoms with Crippen molar-refractivity contribution in [2.75, 3.05) is 19.8 Å². The zero-order valence-electron chi connectivity index (χ0n) is 12.9. The third kappa shape index (κ3) is 7.11. The van der Waals surface area contributed by atoms with Gasteiger partial charge in [-0.05, 0) is 23.5 Å². The number of amides is 2. The van der Waals surface area contributed by atoms with E-state index >= 15 is 0 Å². The Hall–Kier alpha value is -1.59. The Morgan fingerprint density at radius 2 is 2.00 bits per heavy atom. The zero-order valence-corrected chi connectivity index (χ0v) is 12.9. The van der Waals surface area contributed by atoms with E-state index < -0.39 is 0 Å². The van der Waals surface area contributed by atoms with Crippen LogP contribution in [0.5, 0.6) is 0 Å². The topological polar surface area (TPSA) is 70.6 Å². The second kappa shape index (κ2) is 10.2. The van der Waals surface area contributed by atoms with Crippen LogP contribution in [0.25, 0.3) is 0 Å². The SMILES string of the molecule is CCCOCc1ccccc1CNC(=O)NCC(C)CO. The summed E-state index contributed by atoms with van der Waals surface area (Å²) in [5.41, 5.74) is 2.15. The molecule has 0 radical (unpaired) electrons.